The van der Waals surface area contributed by atoms with Gasteiger partial charge in [0.15, 0.2) is 0 Å². The van der Waals surface area contributed by atoms with Crippen molar-refractivity contribution in [1.29, 1.82) is 0 Å². The van der Waals surface area contributed by atoms with Crippen LogP contribution >= 0.6 is 0 Å². The highest BCUT2D eigenvalue weighted by molar-refractivity contribution is 6.81. The van der Waals surface area contributed by atoms with Crippen molar-refractivity contribution in [3.63, 3.8) is 0 Å². The van der Waals surface area contributed by atoms with Crippen LogP contribution in [0, 0.1) is 0 Å². The van der Waals surface area contributed by atoms with Gasteiger partial charge in [0.25, 0.3) is 0 Å². The standard InChI is InChI=1S/C15H24Si/c1-5-15(14-12-10-9-11-13-14)16(6-2,7-3)8-4/h5,9-13,15H,1,6-8H2,2-4H3/t15-/m1/s1. The van der Waals surface area contributed by atoms with E-state index in [1.807, 2.05) is 0 Å². The number of allylic oxidation sites excluding steroid dienone is 1. The van der Waals surface area contributed by atoms with E-state index in [0.29, 0.717) is 5.54 Å². The van der Waals surface area contributed by atoms with Gasteiger partial charge in [-0.2, -0.15) is 0 Å². The van der Waals surface area contributed by atoms with Gasteiger partial charge in [0.05, 0.1) is 8.07 Å². The van der Waals surface area contributed by atoms with Gasteiger partial charge in [-0.15, -0.1) is 6.58 Å². The Morgan fingerprint density at radius 1 is 1.06 bits per heavy atom. The second-order valence-corrected chi connectivity index (χ2v) is 10.0. The molecule has 1 atom stereocenters. The van der Waals surface area contributed by atoms with Crippen molar-refractivity contribution >= 4 is 8.07 Å². The Bertz CT molecular complexity index is 303. The van der Waals surface area contributed by atoms with E-state index in [1.54, 1.807) is 0 Å². The lowest BCUT2D eigenvalue weighted by atomic mass is 10.1. The van der Waals surface area contributed by atoms with E-state index in [0.717, 1.165) is 0 Å². The minimum absolute atomic E-state index is 0.619. The van der Waals surface area contributed by atoms with Gasteiger partial charge in [-0.1, -0.05) is 75.3 Å². The van der Waals surface area contributed by atoms with Crippen LogP contribution in [0.2, 0.25) is 18.1 Å². The van der Waals surface area contributed by atoms with Crippen molar-refractivity contribution in [2.45, 2.75) is 44.4 Å². The Kier molecular flexibility index (Phi) is 5.00. The molecule has 0 aliphatic heterocycles. The SMILES string of the molecule is C=C[C@H](c1ccccc1)[Si](CC)(CC)CC. The van der Waals surface area contributed by atoms with E-state index in [9.17, 15) is 0 Å². The highest BCUT2D eigenvalue weighted by Gasteiger charge is 2.35. The van der Waals surface area contributed by atoms with Gasteiger partial charge in [0.2, 0.25) is 0 Å². The first-order valence-corrected chi connectivity index (χ1v) is 9.11. The van der Waals surface area contributed by atoms with Crippen LogP contribution in [0.3, 0.4) is 0 Å². The van der Waals surface area contributed by atoms with Gasteiger partial charge in [0.1, 0.15) is 0 Å². The fraction of sp³-hybridized carbons (Fsp3) is 0.467. The third kappa shape index (κ3) is 2.46. The van der Waals surface area contributed by atoms with Crippen LogP contribution in [0.25, 0.3) is 0 Å². The summed E-state index contributed by atoms with van der Waals surface area (Å²) in [7, 11) is -1.21. The molecule has 0 spiro atoms. The molecule has 0 aliphatic rings. The zero-order chi connectivity index (χ0) is 12.0. The van der Waals surface area contributed by atoms with E-state index in [-0.39, 0.29) is 0 Å². The van der Waals surface area contributed by atoms with Crippen LogP contribution in [0.5, 0.6) is 0 Å². The molecule has 1 aromatic carbocycles. The fourth-order valence-corrected chi connectivity index (χ4v) is 7.03. The van der Waals surface area contributed by atoms with Crippen LogP contribution in [-0.4, -0.2) is 8.07 Å². The monoisotopic (exact) mass is 232 g/mol. The Labute approximate surface area is 101 Å². The zero-order valence-corrected chi connectivity index (χ0v) is 11.9. The molecule has 0 unspecified atom stereocenters. The number of benzene rings is 1. The normalized spacial score (nSPS) is 13.4. The maximum atomic E-state index is 4.08. The van der Waals surface area contributed by atoms with Crippen LogP contribution in [0.15, 0.2) is 43.0 Å². The molecule has 0 saturated heterocycles. The molecule has 0 nitrogen and oxygen atoms in total. The van der Waals surface area contributed by atoms with Crippen LogP contribution in [0.4, 0.5) is 0 Å². The molecule has 0 N–H and O–H groups in total. The van der Waals surface area contributed by atoms with Gasteiger partial charge in [-0.05, 0) is 11.1 Å². The summed E-state index contributed by atoms with van der Waals surface area (Å²) in [4.78, 5) is 0. The molecular weight excluding hydrogens is 208 g/mol. The topological polar surface area (TPSA) is 0 Å². The summed E-state index contributed by atoms with van der Waals surface area (Å²) in [6.07, 6.45) is 2.19. The molecular formula is C15H24Si. The smallest absolute Gasteiger partial charge is 0.0648 e. The van der Waals surface area contributed by atoms with Crippen molar-refractivity contribution in [2.75, 3.05) is 0 Å². The Hall–Kier alpha value is -0.823. The summed E-state index contributed by atoms with van der Waals surface area (Å²) in [5.74, 6) is 0. The highest BCUT2D eigenvalue weighted by atomic mass is 28.3. The molecule has 1 aromatic rings. The molecule has 1 heteroatoms. The molecule has 0 aromatic heterocycles. The molecule has 0 fully saturated rings. The second-order valence-electron chi connectivity index (χ2n) is 4.55. The number of hydrogen-bond acceptors (Lipinski definition) is 0. The van der Waals surface area contributed by atoms with Crippen molar-refractivity contribution in [1.82, 2.24) is 0 Å². The Balaban J connectivity index is 3.10. The average molecular weight is 232 g/mol. The summed E-state index contributed by atoms with van der Waals surface area (Å²) in [5.41, 5.74) is 2.09. The molecule has 0 amide bonds. The first-order valence-electron chi connectivity index (χ1n) is 6.41. The summed E-state index contributed by atoms with van der Waals surface area (Å²) in [5, 5.41) is 0. The first kappa shape index (κ1) is 13.2. The predicted octanol–water partition coefficient (Wildman–Crippen LogP) is 5.00. The van der Waals surface area contributed by atoms with E-state index in [4.69, 9.17) is 0 Å². The molecule has 0 heterocycles. The zero-order valence-electron chi connectivity index (χ0n) is 10.9. The number of hydrogen-bond donors (Lipinski definition) is 0. The predicted molar refractivity (Wildman–Crippen MR) is 76.6 cm³/mol. The van der Waals surface area contributed by atoms with Crippen LogP contribution in [0.1, 0.15) is 31.9 Å². The highest BCUT2D eigenvalue weighted by Crippen LogP contribution is 2.36. The summed E-state index contributed by atoms with van der Waals surface area (Å²) < 4.78 is 0. The third-order valence-corrected chi connectivity index (χ3v) is 10.3. The molecule has 0 radical (unpaired) electrons. The van der Waals surface area contributed by atoms with Gasteiger partial charge in [-0.25, -0.2) is 0 Å². The largest absolute Gasteiger partial charge is 0.103 e. The van der Waals surface area contributed by atoms with E-state index >= 15 is 0 Å². The number of rotatable bonds is 6. The van der Waals surface area contributed by atoms with Gasteiger partial charge in [0, 0.05) is 0 Å². The van der Waals surface area contributed by atoms with Crippen LogP contribution in [-0.2, 0) is 0 Å². The van der Waals surface area contributed by atoms with Crippen molar-refractivity contribution in [2.24, 2.45) is 0 Å². The minimum atomic E-state index is -1.21. The molecule has 1 rings (SSSR count). The molecule has 88 valence electrons. The Morgan fingerprint density at radius 2 is 1.56 bits per heavy atom. The van der Waals surface area contributed by atoms with Crippen molar-refractivity contribution in [3.05, 3.63) is 48.6 Å². The summed E-state index contributed by atoms with van der Waals surface area (Å²) in [6.45, 7) is 11.2. The van der Waals surface area contributed by atoms with Gasteiger partial charge in [-0.3, -0.25) is 0 Å². The third-order valence-electron chi connectivity index (χ3n) is 4.17. The lowest BCUT2D eigenvalue weighted by molar-refractivity contribution is 1.02. The molecule has 0 bridgehead atoms. The van der Waals surface area contributed by atoms with Gasteiger partial charge < -0.3 is 0 Å². The molecule has 0 saturated carbocycles. The second kappa shape index (κ2) is 6.05. The minimum Gasteiger partial charge on any atom is -0.103 e. The van der Waals surface area contributed by atoms with Crippen molar-refractivity contribution < 1.29 is 0 Å². The lowest BCUT2D eigenvalue weighted by Crippen LogP contribution is -2.38. The first-order chi connectivity index (χ1) is 7.74. The molecule has 0 aliphatic carbocycles. The molecule has 16 heavy (non-hydrogen) atoms. The van der Waals surface area contributed by atoms with Crippen LogP contribution < -0.4 is 0 Å². The summed E-state index contributed by atoms with van der Waals surface area (Å²) in [6, 6.07) is 15.0. The van der Waals surface area contributed by atoms with E-state index < -0.39 is 8.07 Å². The van der Waals surface area contributed by atoms with E-state index in [2.05, 4.69) is 63.8 Å². The fourth-order valence-electron chi connectivity index (χ4n) is 2.81. The Morgan fingerprint density at radius 3 is 1.94 bits per heavy atom. The maximum absolute atomic E-state index is 4.08. The summed E-state index contributed by atoms with van der Waals surface area (Å²) >= 11 is 0. The quantitative estimate of drug-likeness (QED) is 0.478. The van der Waals surface area contributed by atoms with Crippen molar-refractivity contribution in [3.8, 4) is 0 Å². The van der Waals surface area contributed by atoms with Gasteiger partial charge >= 0.3 is 0 Å². The average Bonchev–Trinajstić information content (AvgIpc) is 2.37. The maximum Gasteiger partial charge on any atom is 0.0648 e. The van der Waals surface area contributed by atoms with E-state index in [1.165, 1.54) is 23.7 Å². The lowest BCUT2D eigenvalue weighted by Gasteiger charge is -2.35.